The van der Waals surface area contributed by atoms with Gasteiger partial charge in [0.15, 0.2) is 0 Å². The minimum Gasteiger partial charge on any atom is -0.452 e. The van der Waals surface area contributed by atoms with E-state index in [9.17, 15) is 14.7 Å². The molecule has 2 N–H and O–H groups in total. The van der Waals surface area contributed by atoms with Gasteiger partial charge in [0.1, 0.15) is 18.7 Å². The van der Waals surface area contributed by atoms with Gasteiger partial charge in [-0.05, 0) is 19.3 Å². The smallest absolute Gasteiger partial charge is 0.428 e. The lowest BCUT2D eigenvalue weighted by molar-refractivity contribution is -0.934. The van der Waals surface area contributed by atoms with Crippen LogP contribution in [0.1, 0.15) is 19.3 Å². The Kier molecular flexibility index (Phi) is 5.24. The SMILES string of the molecule is COC(=O)N1CC(O)C([NH+]2CCCCC2)CN1C(=O)OC. The van der Waals surface area contributed by atoms with Crippen molar-refractivity contribution in [1.29, 1.82) is 0 Å². The molecule has 0 aromatic rings. The van der Waals surface area contributed by atoms with Gasteiger partial charge in [0.25, 0.3) is 0 Å². The van der Waals surface area contributed by atoms with E-state index in [1.807, 2.05) is 0 Å². The van der Waals surface area contributed by atoms with Crippen molar-refractivity contribution in [2.75, 3.05) is 40.4 Å². The topological polar surface area (TPSA) is 83.8 Å². The maximum atomic E-state index is 11.9. The van der Waals surface area contributed by atoms with Crippen molar-refractivity contribution in [2.45, 2.75) is 31.4 Å². The lowest BCUT2D eigenvalue weighted by Crippen LogP contribution is -3.19. The summed E-state index contributed by atoms with van der Waals surface area (Å²) in [6.07, 6.45) is 1.48. The summed E-state index contributed by atoms with van der Waals surface area (Å²) in [4.78, 5) is 24.9. The first kappa shape index (κ1) is 15.8. The summed E-state index contributed by atoms with van der Waals surface area (Å²) in [5.74, 6) is 0. The number of hydrogen-bond acceptors (Lipinski definition) is 5. The van der Waals surface area contributed by atoms with Gasteiger partial charge in [0.2, 0.25) is 0 Å². The Morgan fingerprint density at radius 2 is 1.52 bits per heavy atom. The first-order valence-electron chi connectivity index (χ1n) is 7.32. The van der Waals surface area contributed by atoms with Crippen molar-refractivity contribution in [3.63, 3.8) is 0 Å². The van der Waals surface area contributed by atoms with Crippen molar-refractivity contribution in [3.8, 4) is 0 Å². The molecule has 0 radical (unpaired) electrons. The number of carbonyl (C=O) groups excluding carboxylic acids is 2. The van der Waals surface area contributed by atoms with Crippen LogP contribution in [-0.2, 0) is 9.47 Å². The molecule has 2 atom stereocenters. The maximum Gasteiger partial charge on any atom is 0.428 e. The molecule has 21 heavy (non-hydrogen) atoms. The predicted octanol–water partition coefficient (Wildman–Crippen LogP) is -1.15. The van der Waals surface area contributed by atoms with Crippen LogP contribution in [0.15, 0.2) is 0 Å². The van der Waals surface area contributed by atoms with Crippen molar-refractivity contribution in [1.82, 2.24) is 10.0 Å². The minimum absolute atomic E-state index is 0.0376. The number of amides is 2. The Bertz CT molecular complexity index is 386. The van der Waals surface area contributed by atoms with Crippen LogP contribution in [0.4, 0.5) is 9.59 Å². The van der Waals surface area contributed by atoms with Gasteiger partial charge >= 0.3 is 12.2 Å². The van der Waals surface area contributed by atoms with Crippen molar-refractivity contribution < 1.29 is 29.1 Å². The second-order valence-electron chi connectivity index (χ2n) is 5.50. The van der Waals surface area contributed by atoms with E-state index >= 15 is 0 Å². The highest BCUT2D eigenvalue weighted by Crippen LogP contribution is 2.14. The van der Waals surface area contributed by atoms with E-state index < -0.39 is 18.3 Å². The molecule has 2 aliphatic heterocycles. The number of methoxy groups -OCH3 is 2. The van der Waals surface area contributed by atoms with Gasteiger partial charge in [-0.1, -0.05) is 0 Å². The summed E-state index contributed by atoms with van der Waals surface area (Å²) >= 11 is 0. The lowest BCUT2D eigenvalue weighted by atomic mass is 10.0. The number of likely N-dealkylation sites (tertiary alicyclic amines) is 1. The van der Waals surface area contributed by atoms with Crippen LogP contribution >= 0.6 is 0 Å². The number of aliphatic hydroxyl groups excluding tert-OH is 1. The maximum absolute atomic E-state index is 11.9. The normalized spacial score (nSPS) is 27.4. The van der Waals surface area contributed by atoms with Crippen LogP contribution in [0.25, 0.3) is 0 Å². The van der Waals surface area contributed by atoms with E-state index in [1.165, 1.54) is 30.5 Å². The zero-order valence-corrected chi connectivity index (χ0v) is 12.6. The molecule has 8 heteroatoms. The highest BCUT2D eigenvalue weighted by Gasteiger charge is 2.44. The number of carbonyl (C=O) groups is 2. The second-order valence-corrected chi connectivity index (χ2v) is 5.50. The standard InChI is InChI=1S/C13H23N3O5/c1-20-12(18)15-8-10(14-6-4-3-5-7-14)11(17)9-16(15)13(19)21-2/h10-11,17H,3-9H2,1-2H3/p+1. The number of ether oxygens (including phenoxy) is 2. The van der Waals surface area contributed by atoms with Crippen LogP contribution in [0, 0.1) is 0 Å². The van der Waals surface area contributed by atoms with Gasteiger partial charge in [-0.2, -0.15) is 0 Å². The van der Waals surface area contributed by atoms with Gasteiger partial charge in [0.05, 0.1) is 33.9 Å². The van der Waals surface area contributed by atoms with Gasteiger partial charge in [-0.25, -0.2) is 19.6 Å². The average molecular weight is 302 g/mol. The molecule has 2 saturated heterocycles. The van der Waals surface area contributed by atoms with Crippen molar-refractivity contribution in [2.24, 2.45) is 0 Å². The zero-order valence-electron chi connectivity index (χ0n) is 12.6. The highest BCUT2D eigenvalue weighted by molar-refractivity contribution is 5.74. The van der Waals surface area contributed by atoms with Gasteiger partial charge in [-0.3, -0.25) is 0 Å². The first-order chi connectivity index (χ1) is 10.1. The molecular weight excluding hydrogens is 278 g/mol. The molecule has 2 rings (SSSR count). The monoisotopic (exact) mass is 302 g/mol. The molecule has 0 spiro atoms. The summed E-state index contributed by atoms with van der Waals surface area (Å²) in [5.41, 5.74) is 0. The Balaban J connectivity index is 2.13. The van der Waals surface area contributed by atoms with E-state index in [0.29, 0.717) is 0 Å². The molecule has 120 valence electrons. The summed E-state index contributed by atoms with van der Waals surface area (Å²) in [7, 11) is 2.51. The van der Waals surface area contributed by atoms with Crippen LogP contribution in [0.3, 0.4) is 0 Å². The molecule has 0 bridgehead atoms. The number of nitrogens with zero attached hydrogens (tertiary/aromatic N) is 2. The Morgan fingerprint density at radius 3 is 2.05 bits per heavy atom. The molecule has 2 aliphatic rings. The summed E-state index contributed by atoms with van der Waals surface area (Å²) in [5, 5.41) is 12.7. The molecule has 2 unspecified atom stereocenters. The van der Waals surface area contributed by atoms with Crippen molar-refractivity contribution >= 4 is 12.2 Å². The third-order valence-electron chi connectivity index (χ3n) is 4.28. The van der Waals surface area contributed by atoms with Crippen molar-refractivity contribution in [3.05, 3.63) is 0 Å². The quantitative estimate of drug-likeness (QED) is 0.639. The van der Waals surface area contributed by atoms with Crippen LogP contribution in [-0.4, -0.2) is 79.9 Å². The zero-order chi connectivity index (χ0) is 15.4. The molecule has 0 saturated carbocycles. The molecule has 0 aromatic carbocycles. The van der Waals surface area contributed by atoms with Gasteiger partial charge in [-0.15, -0.1) is 0 Å². The summed E-state index contributed by atoms with van der Waals surface area (Å²) in [6.45, 7) is 2.25. The van der Waals surface area contributed by atoms with Crippen LogP contribution in [0.5, 0.6) is 0 Å². The fourth-order valence-corrected chi connectivity index (χ4v) is 3.14. The van der Waals surface area contributed by atoms with Gasteiger partial charge in [0, 0.05) is 0 Å². The highest BCUT2D eigenvalue weighted by atomic mass is 16.6. The van der Waals surface area contributed by atoms with E-state index in [1.54, 1.807) is 0 Å². The summed E-state index contributed by atoms with van der Waals surface area (Å²) < 4.78 is 9.40. The molecule has 2 heterocycles. The Hall–Kier alpha value is -1.54. The van der Waals surface area contributed by atoms with Crippen LogP contribution in [0.2, 0.25) is 0 Å². The molecular formula is C13H24N3O5+. The van der Waals surface area contributed by atoms with Crippen LogP contribution < -0.4 is 4.90 Å². The number of rotatable bonds is 1. The van der Waals surface area contributed by atoms with E-state index in [0.717, 1.165) is 30.9 Å². The third kappa shape index (κ3) is 3.38. The lowest BCUT2D eigenvalue weighted by Gasteiger charge is -2.44. The molecule has 0 aliphatic carbocycles. The van der Waals surface area contributed by atoms with Gasteiger partial charge < -0.3 is 19.5 Å². The number of aliphatic hydroxyl groups is 1. The number of hydrazine groups is 1. The fourth-order valence-electron chi connectivity index (χ4n) is 3.14. The first-order valence-corrected chi connectivity index (χ1v) is 7.32. The second kappa shape index (κ2) is 6.95. The molecule has 8 nitrogen and oxygen atoms in total. The molecule has 0 aromatic heterocycles. The number of β-amino-alcohol motifs (C(OH)–C–C–N with tert-alkyl or cyclic N) is 1. The fraction of sp³-hybridized carbons (Fsp3) is 0.846. The summed E-state index contributed by atoms with van der Waals surface area (Å²) in [6, 6.07) is -0.106. The molecule has 2 amide bonds. The molecule has 2 fully saturated rings. The number of hydrogen-bond donors (Lipinski definition) is 2. The average Bonchev–Trinajstić information content (AvgIpc) is 2.53. The number of nitrogens with one attached hydrogen (secondary N) is 1. The number of piperidine rings is 1. The Morgan fingerprint density at radius 1 is 1.00 bits per heavy atom. The third-order valence-corrected chi connectivity index (χ3v) is 4.28. The number of quaternary nitrogens is 1. The largest absolute Gasteiger partial charge is 0.452 e. The van der Waals surface area contributed by atoms with E-state index in [4.69, 9.17) is 4.74 Å². The van der Waals surface area contributed by atoms with E-state index in [2.05, 4.69) is 4.74 Å². The minimum atomic E-state index is -0.682. The van der Waals surface area contributed by atoms with E-state index in [-0.39, 0.29) is 19.1 Å². The Labute approximate surface area is 124 Å². The predicted molar refractivity (Wildman–Crippen MR) is 72.6 cm³/mol.